The minimum Gasteiger partial charge on any atom is -0.493 e. The molecule has 4 aromatic rings. The molecule has 1 fully saturated rings. The predicted octanol–water partition coefficient (Wildman–Crippen LogP) is 8.30. The van der Waals surface area contributed by atoms with Crippen LogP contribution in [0.25, 0.3) is 0 Å². The Morgan fingerprint density at radius 2 is 1.53 bits per heavy atom. The fraction of sp³-hybridized carbons (Fsp3) is 0.473. The van der Waals surface area contributed by atoms with Gasteiger partial charge in [-0.15, -0.1) is 0 Å². The molecule has 17 nitrogen and oxygen atoms in total. The number of carbonyl (C=O) groups excluding carboxylic acids is 5. The smallest absolute Gasteiger partial charge is 0.329 e. The number of aliphatic hydroxyl groups is 1. The molecule has 5 atom stereocenters. The van der Waals surface area contributed by atoms with E-state index in [2.05, 4.69) is 10.6 Å². The van der Waals surface area contributed by atoms with Gasteiger partial charge < -0.3 is 34.9 Å². The van der Waals surface area contributed by atoms with Gasteiger partial charge in [0.25, 0.3) is 11.6 Å². The number of carbonyl (C=O) groups is 5. The number of nitro benzene ring substituents is 1. The average Bonchev–Trinajstić information content (AvgIpc) is 3.38. The number of anilines is 1. The Kier molecular flexibility index (Phi) is 20.7. The second kappa shape index (κ2) is 26.3. The Labute approximate surface area is 428 Å². The van der Waals surface area contributed by atoms with Crippen LogP contribution in [-0.4, -0.2) is 97.0 Å². The predicted molar refractivity (Wildman–Crippen MR) is 276 cm³/mol. The molecule has 1 saturated heterocycles. The molecular weight excluding hydrogens is 957 g/mol. The van der Waals surface area contributed by atoms with Crippen LogP contribution in [0.3, 0.4) is 0 Å². The van der Waals surface area contributed by atoms with Crippen LogP contribution in [0, 0.1) is 21.4 Å². The van der Waals surface area contributed by atoms with Gasteiger partial charge in [0, 0.05) is 42.6 Å². The van der Waals surface area contributed by atoms with E-state index in [1.54, 1.807) is 56.3 Å². The number of nitro groups is 1. The third-order valence-electron chi connectivity index (χ3n) is 13.4. The fourth-order valence-corrected chi connectivity index (χ4v) is 10.8. The van der Waals surface area contributed by atoms with Crippen LogP contribution in [0.5, 0.6) is 11.5 Å². The zero-order valence-electron chi connectivity index (χ0n) is 42.8. The third kappa shape index (κ3) is 15.9. The van der Waals surface area contributed by atoms with E-state index in [1.807, 2.05) is 51.1 Å². The monoisotopic (exact) mass is 1030 g/mol. The van der Waals surface area contributed by atoms with Crippen molar-refractivity contribution in [3.8, 4) is 11.5 Å². The summed E-state index contributed by atoms with van der Waals surface area (Å²) in [7, 11) is -1.01. The molecule has 73 heavy (non-hydrogen) atoms. The SMILES string of the molecule is CCC(C)(C)C(=O)C(=O)N1CCCC[C@H]1C(=O)O[C@H](CCc1ccc(OC)c(OC)c1)c1cccc(NC(=O)CCC(=O)N[C@@H](Cc2ccccc2)[C@H](O)CC(CC(C)C)S(=O)(=O)c2ccc([N+](=O)[O-])cc2)c1. The molecule has 1 aliphatic rings. The number of benzene rings is 4. The van der Waals surface area contributed by atoms with Crippen molar-refractivity contribution in [1.29, 1.82) is 0 Å². The van der Waals surface area contributed by atoms with E-state index < -0.39 is 79.2 Å². The first-order valence-electron chi connectivity index (χ1n) is 24.8. The maximum Gasteiger partial charge on any atom is 0.329 e. The number of methoxy groups -OCH3 is 2. The minimum atomic E-state index is -4.08. The van der Waals surface area contributed by atoms with Gasteiger partial charge in [-0.25, -0.2) is 13.2 Å². The second-order valence-electron chi connectivity index (χ2n) is 19.6. The van der Waals surface area contributed by atoms with Crippen LogP contribution in [0.1, 0.15) is 115 Å². The number of piperidine rings is 1. The fourth-order valence-electron chi connectivity index (χ4n) is 8.80. The molecule has 1 heterocycles. The first-order chi connectivity index (χ1) is 34.7. The van der Waals surface area contributed by atoms with Crippen LogP contribution < -0.4 is 20.1 Å². The number of likely N-dealkylation sites (tertiary alicyclic amines) is 1. The van der Waals surface area contributed by atoms with Crippen molar-refractivity contribution in [3.63, 3.8) is 0 Å². The van der Waals surface area contributed by atoms with Gasteiger partial charge in [0.05, 0.1) is 41.4 Å². The number of non-ortho nitro benzene ring substituents is 1. The topological polar surface area (TPSA) is 238 Å². The van der Waals surface area contributed by atoms with Crippen molar-refractivity contribution in [3.05, 3.63) is 124 Å². The molecule has 0 saturated carbocycles. The van der Waals surface area contributed by atoms with E-state index in [1.165, 1.54) is 31.3 Å². The summed E-state index contributed by atoms with van der Waals surface area (Å²) in [6.07, 6.45) is 0.127. The second-order valence-corrected chi connectivity index (χ2v) is 21.8. The van der Waals surface area contributed by atoms with Crippen LogP contribution in [0.4, 0.5) is 11.4 Å². The van der Waals surface area contributed by atoms with E-state index in [0.29, 0.717) is 61.3 Å². The summed E-state index contributed by atoms with van der Waals surface area (Å²) in [5.74, 6) is -2.01. The lowest BCUT2D eigenvalue weighted by Crippen LogP contribution is -2.53. The minimum absolute atomic E-state index is 0.100. The normalized spacial score (nSPS) is 15.6. The number of ketones is 1. The number of nitrogens with one attached hydrogen (secondary N) is 2. The summed E-state index contributed by atoms with van der Waals surface area (Å²) in [5.41, 5.74) is 1.38. The number of sulfone groups is 1. The molecule has 0 aromatic heterocycles. The highest BCUT2D eigenvalue weighted by atomic mass is 32.2. The van der Waals surface area contributed by atoms with Crippen molar-refractivity contribution in [1.82, 2.24) is 10.2 Å². The lowest BCUT2D eigenvalue weighted by molar-refractivity contribution is -0.384. The Morgan fingerprint density at radius 3 is 2.18 bits per heavy atom. The Hall–Kier alpha value is -6.66. The summed E-state index contributed by atoms with van der Waals surface area (Å²) in [6, 6.07) is 24.0. The maximum atomic E-state index is 14.2. The number of nitrogens with zero attached hydrogens (tertiary/aromatic N) is 2. The Morgan fingerprint density at radius 1 is 0.849 bits per heavy atom. The lowest BCUT2D eigenvalue weighted by Gasteiger charge is -2.36. The maximum absolute atomic E-state index is 14.2. The number of aliphatic hydroxyl groups excluding tert-OH is 1. The molecule has 0 radical (unpaired) electrons. The van der Waals surface area contributed by atoms with Crippen LogP contribution in [0.15, 0.2) is 102 Å². The van der Waals surface area contributed by atoms with Crippen LogP contribution >= 0.6 is 0 Å². The van der Waals surface area contributed by atoms with Gasteiger partial charge in [-0.05, 0) is 117 Å². The highest BCUT2D eigenvalue weighted by Crippen LogP contribution is 2.33. The third-order valence-corrected chi connectivity index (χ3v) is 15.6. The molecule has 0 bridgehead atoms. The standard InChI is InChI=1S/C55H70N4O13S/c1-8-55(4,5)52(63)53(64)58-30-13-12-19-45(58)54(65)72-47(26-20-38-21-27-48(70-6)49(33-38)71-7)39-17-14-18-40(34-39)56-50(61)28-29-51(62)57-44(32-37-15-10-9-11-16-37)46(60)35-43(31-36(2)3)73(68,69)42-24-22-41(23-25-42)59(66)67/h9-11,14-18,21-25,27,33-34,36,43-47,60H,8,12-13,19-20,26,28-32,35H2,1-7H3,(H,56,61)(H,57,62)/t43?,44-,45-,46+,47+/m0/s1. The summed E-state index contributed by atoms with van der Waals surface area (Å²) in [5, 5.41) is 27.6. The first kappa shape index (κ1) is 57.2. The molecule has 4 aromatic carbocycles. The highest BCUT2D eigenvalue weighted by Gasteiger charge is 2.41. The molecule has 0 spiro atoms. The van der Waals surface area contributed by atoms with Crippen molar-refractivity contribution in [2.45, 2.75) is 140 Å². The molecule has 0 aliphatic carbocycles. The van der Waals surface area contributed by atoms with Gasteiger partial charge in [-0.3, -0.25) is 29.3 Å². The van der Waals surface area contributed by atoms with Crippen molar-refractivity contribution in [2.75, 3.05) is 26.1 Å². The largest absolute Gasteiger partial charge is 0.493 e. The zero-order chi connectivity index (χ0) is 53.5. The summed E-state index contributed by atoms with van der Waals surface area (Å²) in [4.78, 5) is 80.0. The highest BCUT2D eigenvalue weighted by molar-refractivity contribution is 7.92. The van der Waals surface area contributed by atoms with E-state index in [9.17, 15) is 47.6 Å². The average molecular weight is 1030 g/mol. The van der Waals surface area contributed by atoms with Crippen molar-refractivity contribution in [2.24, 2.45) is 11.3 Å². The van der Waals surface area contributed by atoms with E-state index in [-0.39, 0.29) is 55.1 Å². The number of hydrogen-bond donors (Lipinski definition) is 3. The number of esters is 1. The number of amides is 3. The number of aryl methyl sites for hydroxylation is 1. The van der Waals surface area contributed by atoms with Crippen molar-refractivity contribution < 1.29 is 56.6 Å². The molecular formula is C55H70N4O13S. The van der Waals surface area contributed by atoms with Gasteiger partial charge in [0.15, 0.2) is 21.3 Å². The first-order valence-corrected chi connectivity index (χ1v) is 26.4. The molecule has 18 heteroatoms. The summed E-state index contributed by atoms with van der Waals surface area (Å²) >= 11 is 0. The van der Waals surface area contributed by atoms with Crippen LogP contribution in [0.2, 0.25) is 0 Å². The van der Waals surface area contributed by atoms with Gasteiger partial charge >= 0.3 is 5.97 Å². The van der Waals surface area contributed by atoms with Gasteiger partial charge in [0.2, 0.25) is 17.6 Å². The molecule has 1 aliphatic heterocycles. The molecule has 394 valence electrons. The Balaban J connectivity index is 1.31. The molecule has 3 N–H and O–H groups in total. The van der Waals surface area contributed by atoms with Crippen molar-refractivity contribution >= 4 is 50.7 Å². The number of rotatable bonds is 26. The summed E-state index contributed by atoms with van der Waals surface area (Å²) in [6.45, 7) is 9.19. The quantitative estimate of drug-likeness (QED) is 0.0233. The molecule has 1 unspecified atom stereocenters. The van der Waals surface area contributed by atoms with Crippen LogP contribution in [-0.2, 0) is 51.4 Å². The van der Waals surface area contributed by atoms with Gasteiger partial charge in [-0.2, -0.15) is 0 Å². The van der Waals surface area contributed by atoms with E-state index in [0.717, 1.165) is 23.3 Å². The van der Waals surface area contributed by atoms with Gasteiger partial charge in [-0.1, -0.05) is 83.1 Å². The molecule has 5 rings (SSSR count). The molecule has 3 amide bonds. The summed E-state index contributed by atoms with van der Waals surface area (Å²) < 4.78 is 45.1. The van der Waals surface area contributed by atoms with E-state index in [4.69, 9.17) is 14.2 Å². The zero-order valence-corrected chi connectivity index (χ0v) is 43.7. The van der Waals surface area contributed by atoms with Gasteiger partial charge in [0.1, 0.15) is 12.1 Å². The number of Topliss-reactive ketones (excluding diaryl/α,β-unsaturated/α-hetero) is 1. The number of hydrogen-bond acceptors (Lipinski definition) is 13. The van der Waals surface area contributed by atoms with E-state index >= 15 is 0 Å². The lowest BCUT2D eigenvalue weighted by atomic mass is 9.84. The number of ether oxygens (including phenoxy) is 3. The Bertz CT molecular complexity index is 2660.